The van der Waals surface area contributed by atoms with Crippen LogP contribution in [0, 0.1) is 0 Å². The molecule has 0 aliphatic rings. The highest BCUT2D eigenvalue weighted by molar-refractivity contribution is 7.47. The number of carbonyl (C=O) groups is 2. The molecule has 0 heterocycles. The number of allylic oxidation sites excluding steroid dienone is 10. The van der Waals surface area contributed by atoms with Gasteiger partial charge >= 0.3 is 19.8 Å². The van der Waals surface area contributed by atoms with E-state index in [0.717, 1.165) is 77.0 Å². The van der Waals surface area contributed by atoms with E-state index in [-0.39, 0.29) is 32.6 Å². The highest BCUT2D eigenvalue weighted by Crippen LogP contribution is 2.43. The predicted octanol–water partition coefficient (Wildman–Crippen LogP) is 9.77. The minimum atomic E-state index is -4.38. The molecule has 3 N–H and O–H groups in total. The summed E-state index contributed by atoms with van der Waals surface area (Å²) in [5.41, 5.74) is 5.32. The Balaban J connectivity index is 4.35. The summed E-state index contributed by atoms with van der Waals surface area (Å²) in [6, 6.07) is 0. The van der Waals surface area contributed by atoms with E-state index in [4.69, 9.17) is 24.3 Å². The molecule has 2 atom stereocenters. The Kier molecular flexibility index (Phi) is 32.9. The zero-order chi connectivity index (χ0) is 35.4. The molecule has 0 spiro atoms. The SMILES string of the molecule is CC/C=C\C/C=C\C/C=C\C/C=C\CCCCC(=O)OC[C@H](COP(=O)(O)OCCN)OC(=O)CCCCCCC/C=C\CCCCC. The van der Waals surface area contributed by atoms with Crippen molar-refractivity contribution < 1.29 is 37.6 Å². The lowest BCUT2D eigenvalue weighted by molar-refractivity contribution is -0.161. The van der Waals surface area contributed by atoms with Crippen LogP contribution in [0.3, 0.4) is 0 Å². The first-order valence-corrected chi connectivity index (χ1v) is 19.8. The van der Waals surface area contributed by atoms with Crippen molar-refractivity contribution >= 4 is 19.8 Å². The van der Waals surface area contributed by atoms with Gasteiger partial charge in [-0.25, -0.2) is 4.57 Å². The lowest BCUT2D eigenvalue weighted by Gasteiger charge is -2.19. The van der Waals surface area contributed by atoms with Crippen molar-refractivity contribution in [3.63, 3.8) is 0 Å². The Morgan fingerprint density at radius 1 is 0.646 bits per heavy atom. The van der Waals surface area contributed by atoms with Crippen LogP contribution in [0.1, 0.15) is 136 Å². The molecule has 0 rings (SSSR count). The number of unbranched alkanes of at least 4 members (excludes halogenated alkanes) is 10. The van der Waals surface area contributed by atoms with Crippen molar-refractivity contribution in [2.45, 2.75) is 142 Å². The van der Waals surface area contributed by atoms with Gasteiger partial charge in [0.2, 0.25) is 0 Å². The van der Waals surface area contributed by atoms with E-state index >= 15 is 0 Å². The largest absolute Gasteiger partial charge is 0.472 e. The molecule has 0 aromatic carbocycles. The van der Waals surface area contributed by atoms with E-state index < -0.39 is 32.5 Å². The molecule has 0 saturated carbocycles. The molecule has 0 aromatic rings. The first-order valence-electron chi connectivity index (χ1n) is 18.3. The number of phosphoric ester groups is 1. The average molecular weight is 696 g/mol. The molecule has 0 fully saturated rings. The molecule has 0 aliphatic carbocycles. The van der Waals surface area contributed by atoms with Gasteiger partial charge in [0.15, 0.2) is 6.10 Å². The van der Waals surface area contributed by atoms with E-state index in [2.05, 4.69) is 74.6 Å². The van der Waals surface area contributed by atoms with Crippen molar-refractivity contribution in [2.24, 2.45) is 5.73 Å². The number of rotatable bonds is 33. The van der Waals surface area contributed by atoms with E-state index in [0.29, 0.717) is 12.8 Å². The lowest BCUT2D eigenvalue weighted by atomic mass is 10.1. The fourth-order valence-electron chi connectivity index (χ4n) is 4.44. The maximum absolute atomic E-state index is 12.5. The van der Waals surface area contributed by atoms with Crippen LogP contribution >= 0.6 is 7.82 Å². The van der Waals surface area contributed by atoms with Gasteiger partial charge in [0.25, 0.3) is 0 Å². The third-order valence-electron chi connectivity index (χ3n) is 7.14. The van der Waals surface area contributed by atoms with Gasteiger partial charge in [-0.2, -0.15) is 0 Å². The second-order valence-corrected chi connectivity index (χ2v) is 13.2. The summed E-state index contributed by atoms with van der Waals surface area (Å²) in [5, 5.41) is 0. The molecule has 0 saturated heterocycles. The normalized spacial score (nSPS) is 14.2. The van der Waals surface area contributed by atoms with Gasteiger partial charge in [0.1, 0.15) is 6.61 Å². The molecule has 0 bridgehead atoms. The van der Waals surface area contributed by atoms with Crippen LogP contribution in [0.5, 0.6) is 0 Å². The first kappa shape index (κ1) is 45.7. The number of hydrogen-bond acceptors (Lipinski definition) is 8. The maximum atomic E-state index is 12.5. The quantitative estimate of drug-likeness (QED) is 0.0298. The van der Waals surface area contributed by atoms with Crippen LogP contribution in [0.25, 0.3) is 0 Å². The van der Waals surface area contributed by atoms with Crippen LogP contribution < -0.4 is 5.73 Å². The van der Waals surface area contributed by atoms with E-state index in [1.165, 1.54) is 19.3 Å². The number of carbonyl (C=O) groups excluding carboxylic acids is 2. The van der Waals surface area contributed by atoms with Gasteiger partial charge in [-0.05, 0) is 77.0 Å². The number of ether oxygens (including phenoxy) is 2. The van der Waals surface area contributed by atoms with Crippen LogP contribution in [-0.2, 0) is 32.7 Å². The molecular weight excluding hydrogens is 629 g/mol. The molecular formula is C38H66NO8P. The summed E-state index contributed by atoms with van der Waals surface area (Å²) >= 11 is 0. The molecule has 10 heteroatoms. The fourth-order valence-corrected chi connectivity index (χ4v) is 5.21. The summed E-state index contributed by atoms with van der Waals surface area (Å²) in [7, 11) is -4.38. The minimum Gasteiger partial charge on any atom is -0.462 e. The van der Waals surface area contributed by atoms with Crippen molar-refractivity contribution in [3.05, 3.63) is 60.8 Å². The van der Waals surface area contributed by atoms with Crippen molar-refractivity contribution in [2.75, 3.05) is 26.4 Å². The van der Waals surface area contributed by atoms with Gasteiger partial charge in [0.05, 0.1) is 13.2 Å². The van der Waals surface area contributed by atoms with Crippen molar-refractivity contribution in [3.8, 4) is 0 Å². The average Bonchev–Trinajstić information content (AvgIpc) is 3.07. The fraction of sp³-hybridized carbons (Fsp3) is 0.684. The number of hydrogen-bond donors (Lipinski definition) is 2. The van der Waals surface area contributed by atoms with E-state index in [9.17, 15) is 19.0 Å². The molecule has 9 nitrogen and oxygen atoms in total. The van der Waals surface area contributed by atoms with Gasteiger partial charge < -0.3 is 20.1 Å². The molecule has 0 amide bonds. The number of esters is 2. The Hall–Kier alpha value is -2.29. The first-order chi connectivity index (χ1) is 23.3. The summed E-state index contributed by atoms with van der Waals surface area (Å²) in [4.78, 5) is 34.6. The van der Waals surface area contributed by atoms with Crippen LogP contribution in [-0.4, -0.2) is 49.3 Å². The standard InChI is InChI=1S/C38H66NO8P/c1-3-5-7-9-11-13-15-17-18-19-21-22-24-26-28-30-37(40)44-34-36(35-46-48(42,43)45-33-32-39)47-38(41)31-29-27-25-23-20-16-14-12-10-8-6-4-2/h5,7,11-14,17-18,21-22,36H,3-4,6,8-10,15-16,19-20,23-35,39H2,1-2H3,(H,42,43)/b7-5-,13-11-,14-12-,18-17-,22-21-/t36-/m1/s1. The van der Waals surface area contributed by atoms with E-state index in [1.807, 2.05) is 0 Å². The summed E-state index contributed by atoms with van der Waals surface area (Å²) in [6.45, 7) is 3.50. The van der Waals surface area contributed by atoms with Gasteiger partial charge in [-0.3, -0.25) is 18.6 Å². The third kappa shape index (κ3) is 33.6. The van der Waals surface area contributed by atoms with Gasteiger partial charge in [0, 0.05) is 19.4 Å². The number of nitrogens with two attached hydrogens (primary N) is 1. The molecule has 276 valence electrons. The van der Waals surface area contributed by atoms with Crippen LogP contribution in [0.4, 0.5) is 0 Å². The number of phosphoric acid groups is 1. The maximum Gasteiger partial charge on any atom is 0.472 e. The summed E-state index contributed by atoms with van der Waals surface area (Å²) in [5.74, 6) is -0.896. The Morgan fingerprint density at radius 2 is 1.15 bits per heavy atom. The molecule has 0 aromatic heterocycles. The van der Waals surface area contributed by atoms with E-state index in [1.54, 1.807) is 0 Å². The second-order valence-electron chi connectivity index (χ2n) is 11.7. The smallest absolute Gasteiger partial charge is 0.462 e. The van der Waals surface area contributed by atoms with Crippen LogP contribution in [0.2, 0.25) is 0 Å². The highest BCUT2D eigenvalue weighted by atomic mass is 31.2. The summed E-state index contributed by atoms with van der Waals surface area (Å²) < 4.78 is 32.5. The van der Waals surface area contributed by atoms with Crippen LogP contribution in [0.15, 0.2) is 60.8 Å². The van der Waals surface area contributed by atoms with Gasteiger partial charge in [-0.15, -0.1) is 0 Å². The topological polar surface area (TPSA) is 134 Å². The molecule has 1 unspecified atom stereocenters. The van der Waals surface area contributed by atoms with Gasteiger partial charge in [-0.1, -0.05) is 107 Å². The molecule has 48 heavy (non-hydrogen) atoms. The third-order valence-corrected chi connectivity index (χ3v) is 8.12. The Bertz CT molecular complexity index is 976. The minimum absolute atomic E-state index is 0.0436. The second kappa shape index (κ2) is 34.6. The summed E-state index contributed by atoms with van der Waals surface area (Å²) in [6.07, 6.45) is 38.3. The monoisotopic (exact) mass is 695 g/mol. The zero-order valence-electron chi connectivity index (χ0n) is 29.9. The zero-order valence-corrected chi connectivity index (χ0v) is 30.8. The molecule has 0 aliphatic heterocycles. The Labute approximate surface area is 291 Å². The highest BCUT2D eigenvalue weighted by Gasteiger charge is 2.25. The molecule has 0 radical (unpaired) electrons. The Morgan fingerprint density at radius 3 is 1.77 bits per heavy atom. The predicted molar refractivity (Wildman–Crippen MR) is 196 cm³/mol. The van der Waals surface area contributed by atoms with Crippen molar-refractivity contribution in [1.82, 2.24) is 0 Å². The lowest BCUT2D eigenvalue weighted by Crippen LogP contribution is -2.29. The van der Waals surface area contributed by atoms with Crippen molar-refractivity contribution in [1.29, 1.82) is 0 Å².